The molecule has 108 valence electrons. The molecule has 1 aliphatic rings. The monoisotopic (exact) mass is 337 g/mol. The van der Waals surface area contributed by atoms with Gasteiger partial charge in [-0.05, 0) is 35.3 Å². The fraction of sp³-hybridized carbons (Fsp3) is 0.500. The average Bonchev–Trinajstić information content (AvgIpc) is 2.81. The van der Waals surface area contributed by atoms with Crippen molar-refractivity contribution in [2.75, 3.05) is 30.3 Å². The molecular weight excluding hydrogens is 318 g/mol. The van der Waals surface area contributed by atoms with E-state index in [0.29, 0.717) is 6.04 Å². The maximum absolute atomic E-state index is 6.11. The van der Waals surface area contributed by atoms with Crippen LogP contribution in [0.4, 0.5) is 11.4 Å². The number of fused-ring (bicyclic) bond motifs is 1. The first-order valence-corrected chi connectivity index (χ1v) is 7.89. The smallest absolute Gasteiger partial charge is 0.141 e. The number of likely N-dealkylation sites (N-methyl/N-ethyl adjacent to an activating group) is 1. The summed E-state index contributed by atoms with van der Waals surface area (Å²) in [4.78, 5) is 9.93. The third-order valence-electron chi connectivity index (χ3n) is 3.89. The van der Waals surface area contributed by atoms with Gasteiger partial charge in [-0.15, -0.1) is 0 Å². The fourth-order valence-corrected chi connectivity index (χ4v) is 3.58. The van der Waals surface area contributed by atoms with Crippen LogP contribution in [0.5, 0.6) is 0 Å². The number of aromatic nitrogens is 2. The third-order valence-corrected chi connectivity index (χ3v) is 4.47. The Morgan fingerprint density at radius 3 is 3.25 bits per heavy atom. The van der Waals surface area contributed by atoms with Crippen molar-refractivity contribution >= 4 is 38.3 Å². The van der Waals surface area contributed by atoms with Crippen molar-refractivity contribution in [3.63, 3.8) is 0 Å². The normalized spacial score (nSPS) is 19.7. The van der Waals surface area contributed by atoms with Crippen LogP contribution in [-0.4, -0.2) is 35.6 Å². The summed E-state index contributed by atoms with van der Waals surface area (Å²) in [5, 5.41) is 4.57. The zero-order valence-corrected chi connectivity index (χ0v) is 13.2. The van der Waals surface area contributed by atoms with E-state index in [2.05, 4.69) is 43.0 Å². The van der Waals surface area contributed by atoms with Gasteiger partial charge in [0.05, 0.1) is 21.2 Å². The predicted molar refractivity (Wildman–Crippen MR) is 87.1 cm³/mol. The number of pyridine rings is 1. The van der Waals surface area contributed by atoms with Gasteiger partial charge in [-0.1, -0.05) is 6.92 Å². The fourth-order valence-electron chi connectivity index (χ4n) is 3.02. The molecule has 0 aromatic carbocycles. The minimum atomic E-state index is 0.545. The molecule has 3 heterocycles. The first kappa shape index (κ1) is 13.7. The van der Waals surface area contributed by atoms with Gasteiger partial charge in [0.25, 0.3) is 0 Å². The number of nitrogens with two attached hydrogens (primary N) is 1. The van der Waals surface area contributed by atoms with Crippen LogP contribution >= 0.6 is 15.9 Å². The highest BCUT2D eigenvalue weighted by Gasteiger charge is 2.24. The Balaban J connectivity index is 2.00. The van der Waals surface area contributed by atoms with Gasteiger partial charge >= 0.3 is 0 Å². The van der Waals surface area contributed by atoms with Gasteiger partial charge < -0.3 is 20.9 Å². The number of aromatic amines is 1. The Morgan fingerprint density at radius 1 is 1.60 bits per heavy atom. The van der Waals surface area contributed by atoms with Gasteiger partial charge in [-0.2, -0.15) is 0 Å². The Morgan fingerprint density at radius 2 is 2.45 bits per heavy atom. The number of H-pyrrole nitrogens is 1. The van der Waals surface area contributed by atoms with Gasteiger partial charge in [-0.25, -0.2) is 4.98 Å². The van der Waals surface area contributed by atoms with Gasteiger partial charge in [0.1, 0.15) is 5.65 Å². The van der Waals surface area contributed by atoms with Crippen LogP contribution in [0.15, 0.2) is 16.9 Å². The zero-order valence-electron chi connectivity index (χ0n) is 11.6. The topological polar surface area (TPSA) is 70.0 Å². The number of rotatable bonds is 3. The first-order chi connectivity index (χ1) is 9.70. The number of nitrogen functional groups attached to an aromatic ring is 1. The maximum Gasteiger partial charge on any atom is 0.141 e. The lowest BCUT2D eigenvalue weighted by atomic mass is 10.0. The molecule has 1 saturated heterocycles. The van der Waals surface area contributed by atoms with E-state index in [-0.39, 0.29) is 0 Å². The molecule has 4 N–H and O–H groups in total. The van der Waals surface area contributed by atoms with E-state index in [1.54, 1.807) is 0 Å². The number of hydrogen-bond donors (Lipinski definition) is 3. The Labute approximate surface area is 127 Å². The van der Waals surface area contributed by atoms with E-state index in [1.807, 2.05) is 12.4 Å². The Kier molecular flexibility index (Phi) is 3.85. The highest BCUT2D eigenvalue weighted by molar-refractivity contribution is 9.10. The summed E-state index contributed by atoms with van der Waals surface area (Å²) in [7, 11) is 0. The van der Waals surface area contributed by atoms with Gasteiger partial charge in [0.2, 0.25) is 0 Å². The van der Waals surface area contributed by atoms with Crippen LogP contribution < -0.4 is 16.0 Å². The largest absolute Gasteiger partial charge is 0.397 e. The summed E-state index contributed by atoms with van der Waals surface area (Å²) in [6.07, 6.45) is 6.10. The summed E-state index contributed by atoms with van der Waals surface area (Å²) in [5.74, 6) is 0. The molecule has 1 aliphatic heterocycles. The number of anilines is 2. The Hall–Kier alpha value is -1.27. The van der Waals surface area contributed by atoms with Crippen molar-refractivity contribution < 1.29 is 0 Å². The molecule has 5 nitrogen and oxygen atoms in total. The van der Waals surface area contributed by atoms with Gasteiger partial charge in [0.15, 0.2) is 0 Å². The molecule has 0 unspecified atom stereocenters. The van der Waals surface area contributed by atoms with Crippen LogP contribution in [0.3, 0.4) is 0 Å². The van der Waals surface area contributed by atoms with Crippen LogP contribution in [0, 0.1) is 0 Å². The minimum Gasteiger partial charge on any atom is -0.397 e. The molecule has 2 aromatic rings. The molecule has 0 spiro atoms. The molecule has 0 bridgehead atoms. The second kappa shape index (κ2) is 5.61. The lowest BCUT2D eigenvalue weighted by Gasteiger charge is -2.35. The first-order valence-electron chi connectivity index (χ1n) is 7.10. The van der Waals surface area contributed by atoms with Crippen molar-refractivity contribution in [2.45, 2.75) is 25.8 Å². The molecular formula is C14H20BrN5. The number of nitrogens with one attached hydrogen (secondary N) is 2. The Bertz CT molecular complexity index is 607. The maximum atomic E-state index is 6.11. The van der Waals surface area contributed by atoms with E-state index in [4.69, 9.17) is 5.73 Å². The molecule has 2 aromatic heterocycles. The van der Waals surface area contributed by atoms with Crippen LogP contribution in [0.1, 0.15) is 19.8 Å². The van der Waals surface area contributed by atoms with Crippen molar-refractivity contribution in [2.24, 2.45) is 0 Å². The van der Waals surface area contributed by atoms with E-state index in [0.717, 1.165) is 46.5 Å². The SMILES string of the molecule is CCN[C@@H]1CCCN(c2c(Br)cnc3[nH]cc(N)c23)C1. The number of halogens is 1. The van der Waals surface area contributed by atoms with Crippen molar-refractivity contribution in [3.8, 4) is 0 Å². The van der Waals surface area contributed by atoms with E-state index >= 15 is 0 Å². The summed E-state index contributed by atoms with van der Waals surface area (Å²) in [6.45, 7) is 5.24. The number of piperidine rings is 1. The lowest BCUT2D eigenvalue weighted by Crippen LogP contribution is -2.45. The van der Waals surface area contributed by atoms with E-state index in [9.17, 15) is 0 Å². The quantitative estimate of drug-likeness (QED) is 0.804. The predicted octanol–water partition coefficient (Wildman–Crippen LogP) is 2.49. The molecule has 6 heteroatoms. The van der Waals surface area contributed by atoms with E-state index < -0.39 is 0 Å². The standard InChI is InChI=1S/C14H20BrN5/c1-2-17-9-4-3-5-20(8-9)13-10(15)6-18-14-12(13)11(16)7-19-14/h6-7,9,17H,2-5,8,16H2,1H3,(H,18,19)/t9-/m1/s1. The average molecular weight is 338 g/mol. The molecule has 1 fully saturated rings. The van der Waals surface area contributed by atoms with Crippen LogP contribution in [0.2, 0.25) is 0 Å². The summed E-state index contributed by atoms with van der Waals surface area (Å²) in [6, 6.07) is 0.545. The second-order valence-corrected chi connectivity index (χ2v) is 6.12. The molecule has 1 atom stereocenters. The van der Waals surface area contributed by atoms with E-state index in [1.165, 1.54) is 12.8 Å². The van der Waals surface area contributed by atoms with Gasteiger partial charge in [0, 0.05) is 31.5 Å². The van der Waals surface area contributed by atoms with Crippen molar-refractivity contribution in [3.05, 3.63) is 16.9 Å². The number of hydrogen-bond acceptors (Lipinski definition) is 4. The van der Waals surface area contributed by atoms with Crippen LogP contribution in [-0.2, 0) is 0 Å². The summed E-state index contributed by atoms with van der Waals surface area (Å²) >= 11 is 3.64. The molecule has 0 aliphatic carbocycles. The highest BCUT2D eigenvalue weighted by atomic mass is 79.9. The summed E-state index contributed by atoms with van der Waals surface area (Å²) in [5.41, 5.74) is 8.89. The van der Waals surface area contributed by atoms with Crippen molar-refractivity contribution in [1.29, 1.82) is 0 Å². The molecule has 3 rings (SSSR count). The highest BCUT2D eigenvalue weighted by Crippen LogP contribution is 2.37. The third kappa shape index (κ3) is 2.38. The molecule has 20 heavy (non-hydrogen) atoms. The summed E-state index contributed by atoms with van der Waals surface area (Å²) < 4.78 is 1.01. The molecule has 0 radical (unpaired) electrons. The van der Waals surface area contributed by atoms with Crippen LogP contribution in [0.25, 0.3) is 11.0 Å². The zero-order chi connectivity index (χ0) is 14.1. The minimum absolute atomic E-state index is 0.545. The molecule has 0 saturated carbocycles. The van der Waals surface area contributed by atoms with Crippen molar-refractivity contribution in [1.82, 2.24) is 15.3 Å². The number of nitrogens with zero attached hydrogens (tertiary/aromatic N) is 2. The second-order valence-electron chi connectivity index (χ2n) is 5.27. The molecule has 0 amide bonds. The van der Waals surface area contributed by atoms with Gasteiger partial charge in [-0.3, -0.25) is 0 Å². The lowest BCUT2D eigenvalue weighted by molar-refractivity contribution is 0.431.